The molecule has 0 aromatic carbocycles. The number of unbranched alkanes of at least 4 members (excludes halogenated alkanes) is 1. The highest BCUT2D eigenvalue weighted by Crippen LogP contribution is 2.15. The second-order valence-corrected chi connectivity index (χ2v) is 7.20. The van der Waals surface area contributed by atoms with E-state index < -0.39 is 0 Å². The fourth-order valence-corrected chi connectivity index (χ4v) is 2.46. The molecule has 0 aromatic heterocycles. The van der Waals surface area contributed by atoms with E-state index in [1.54, 1.807) is 6.08 Å². The quantitative estimate of drug-likeness (QED) is 0.466. The van der Waals surface area contributed by atoms with Gasteiger partial charge in [0, 0.05) is 18.7 Å². The molecular weight excluding hydrogens is 320 g/mol. The average Bonchev–Trinajstić information content (AvgIpc) is 2.64. The first-order valence-corrected chi connectivity index (χ1v) is 10.1. The Morgan fingerprint density at radius 1 is 1.27 bits per heavy atom. The summed E-state index contributed by atoms with van der Waals surface area (Å²) in [6.45, 7) is 17.1. The predicted octanol–water partition coefficient (Wildman–Crippen LogP) is 5.67. The second-order valence-electron chi connectivity index (χ2n) is 7.20. The van der Waals surface area contributed by atoms with Crippen molar-refractivity contribution in [2.24, 2.45) is 5.92 Å². The SMILES string of the molecule is C=CCNC(=C)[C@H](CC(C)C)NC(=O)CCC1=CCCC=C1.CCCC. The smallest absolute Gasteiger partial charge is 0.220 e. The molecular formula is C23H40N2O. The van der Waals surface area contributed by atoms with E-state index in [4.69, 9.17) is 0 Å². The lowest BCUT2D eigenvalue weighted by atomic mass is 10.00. The first-order chi connectivity index (χ1) is 12.4. The maximum atomic E-state index is 12.2. The minimum absolute atomic E-state index is 0.0247. The molecule has 0 bridgehead atoms. The van der Waals surface area contributed by atoms with Gasteiger partial charge in [-0.05, 0) is 31.6 Å². The Morgan fingerprint density at radius 2 is 1.96 bits per heavy atom. The first kappa shape index (κ1) is 24.2. The van der Waals surface area contributed by atoms with Crippen LogP contribution in [0.2, 0.25) is 0 Å². The normalized spacial score (nSPS) is 14.0. The van der Waals surface area contributed by atoms with Crippen molar-refractivity contribution in [1.82, 2.24) is 10.6 Å². The Hall–Kier alpha value is -1.77. The summed E-state index contributed by atoms with van der Waals surface area (Å²) in [7, 11) is 0. The van der Waals surface area contributed by atoms with Crippen LogP contribution in [0.15, 0.2) is 48.7 Å². The zero-order chi connectivity index (χ0) is 19.8. The molecule has 0 heterocycles. The summed E-state index contributed by atoms with van der Waals surface area (Å²) in [6.07, 6.45) is 15.4. The van der Waals surface area contributed by atoms with Gasteiger partial charge in [-0.2, -0.15) is 0 Å². The van der Waals surface area contributed by atoms with Gasteiger partial charge < -0.3 is 10.6 Å². The molecule has 0 radical (unpaired) electrons. The number of hydrogen-bond acceptors (Lipinski definition) is 2. The summed E-state index contributed by atoms with van der Waals surface area (Å²) in [6, 6.07) is -0.0247. The van der Waals surface area contributed by atoms with E-state index in [0.29, 0.717) is 18.9 Å². The third-order valence-electron chi connectivity index (χ3n) is 4.15. The lowest BCUT2D eigenvalue weighted by Gasteiger charge is -2.23. The summed E-state index contributed by atoms with van der Waals surface area (Å²) in [5, 5.41) is 6.31. The standard InChI is InChI=1S/C19H30N2O.C4H10/c1-5-13-20-16(4)18(14-15(2)3)21-19(22)12-11-17-9-7-6-8-10-17;1-3-4-2/h5,7,9-10,15,18,20H,1,4,6,8,11-14H2,2-3H3,(H,21,22);3-4H2,1-2H3/t18-;/m0./s1. The third-order valence-corrected chi connectivity index (χ3v) is 4.15. The summed E-state index contributed by atoms with van der Waals surface area (Å²) in [5.74, 6) is 0.587. The molecule has 0 saturated heterocycles. The van der Waals surface area contributed by atoms with Crippen LogP contribution in [0, 0.1) is 5.92 Å². The number of hydrogen-bond donors (Lipinski definition) is 2. The first-order valence-electron chi connectivity index (χ1n) is 10.1. The van der Waals surface area contributed by atoms with Crippen LogP contribution in [0.3, 0.4) is 0 Å². The molecule has 1 rings (SSSR count). The highest BCUT2D eigenvalue weighted by Gasteiger charge is 2.17. The zero-order valence-electron chi connectivity index (χ0n) is 17.4. The summed E-state index contributed by atoms with van der Waals surface area (Å²) in [4.78, 5) is 12.2. The molecule has 0 aliphatic heterocycles. The average molecular weight is 361 g/mol. The molecule has 2 N–H and O–H groups in total. The Bertz CT molecular complexity index is 473. The molecule has 1 aliphatic rings. The minimum atomic E-state index is -0.0247. The molecule has 0 saturated carbocycles. The number of carbonyl (C=O) groups is 1. The summed E-state index contributed by atoms with van der Waals surface area (Å²) >= 11 is 0. The number of carbonyl (C=O) groups excluding carboxylic acids is 1. The number of allylic oxidation sites excluding steroid dienone is 4. The Labute approximate surface area is 161 Å². The summed E-state index contributed by atoms with van der Waals surface area (Å²) in [5.41, 5.74) is 2.13. The van der Waals surface area contributed by atoms with Gasteiger partial charge in [0.05, 0.1) is 6.04 Å². The van der Waals surface area contributed by atoms with Crippen LogP contribution in [0.4, 0.5) is 0 Å². The van der Waals surface area contributed by atoms with Crippen LogP contribution in [-0.4, -0.2) is 18.5 Å². The molecule has 3 heteroatoms. The van der Waals surface area contributed by atoms with Crippen molar-refractivity contribution < 1.29 is 4.79 Å². The lowest BCUT2D eigenvalue weighted by Crippen LogP contribution is -2.40. The number of nitrogens with one attached hydrogen (secondary N) is 2. The van der Waals surface area contributed by atoms with Crippen molar-refractivity contribution in [3.05, 3.63) is 48.7 Å². The van der Waals surface area contributed by atoms with Crippen molar-refractivity contribution in [2.45, 2.75) is 78.7 Å². The van der Waals surface area contributed by atoms with Crippen LogP contribution in [0.25, 0.3) is 0 Å². The van der Waals surface area contributed by atoms with Crippen molar-refractivity contribution in [2.75, 3.05) is 6.54 Å². The van der Waals surface area contributed by atoms with Crippen LogP contribution < -0.4 is 10.6 Å². The van der Waals surface area contributed by atoms with Gasteiger partial charge in [0.2, 0.25) is 5.91 Å². The van der Waals surface area contributed by atoms with Gasteiger partial charge in [0.25, 0.3) is 0 Å². The van der Waals surface area contributed by atoms with Gasteiger partial charge in [-0.25, -0.2) is 0 Å². The number of rotatable bonds is 11. The fraction of sp³-hybridized carbons (Fsp3) is 0.609. The van der Waals surface area contributed by atoms with Gasteiger partial charge in [-0.1, -0.05) is 77.0 Å². The molecule has 3 nitrogen and oxygen atoms in total. The Kier molecular flexibility index (Phi) is 14.4. The largest absolute Gasteiger partial charge is 0.384 e. The van der Waals surface area contributed by atoms with Crippen LogP contribution in [-0.2, 0) is 4.79 Å². The number of amides is 1. The minimum Gasteiger partial charge on any atom is -0.384 e. The van der Waals surface area contributed by atoms with Gasteiger partial charge in [0.1, 0.15) is 0 Å². The summed E-state index contributed by atoms with van der Waals surface area (Å²) < 4.78 is 0. The van der Waals surface area contributed by atoms with Crippen LogP contribution in [0.5, 0.6) is 0 Å². The molecule has 0 aromatic rings. The van der Waals surface area contributed by atoms with Crippen LogP contribution in [0.1, 0.15) is 72.6 Å². The highest BCUT2D eigenvalue weighted by molar-refractivity contribution is 5.77. The lowest BCUT2D eigenvalue weighted by molar-refractivity contribution is -0.121. The maximum absolute atomic E-state index is 12.2. The van der Waals surface area contributed by atoms with E-state index >= 15 is 0 Å². The Balaban J connectivity index is 0.00000141. The van der Waals surface area contributed by atoms with E-state index in [1.165, 1.54) is 18.4 Å². The second kappa shape index (κ2) is 15.5. The van der Waals surface area contributed by atoms with Crippen molar-refractivity contribution in [1.29, 1.82) is 0 Å². The van der Waals surface area contributed by atoms with Crippen molar-refractivity contribution in [3.8, 4) is 0 Å². The van der Waals surface area contributed by atoms with E-state index in [1.807, 2.05) is 0 Å². The van der Waals surface area contributed by atoms with Crippen LogP contribution >= 0.6 is 0 Å². The molecule has 1 amide bonds. The van der Waals surface area contributed by atoms with Crippen molar-refractivity contribution >= 4 is 5.91 Å². The molecule has 0 fully saturated rings. The topological polar surface area (TPSA) is 41.1 Å². The molecule has 0 unspecified atom stereocenters. The monoisotopic (exact) mass is 360 g/mol. The molecule has 26 heavy (non-hydrogen) atoms. The fourth-order valence-electron chi connectivity index (χ4n) is 2.46. The van der Waals surface area contributed by atoms with E-state index in [-0.39, 0.29) is 11.9 Å². The van der Waals surface area contributed by atoms with Gasteiger partial charge in [0.15, 0.2) is 0 Å². The Morgan fingerprint density at radius 3 is 2.46 bits per heavy atom. The molecule has 148 valence electrons. The van der Waals surface area contributed by atoms with Gasteiger partial charge in [-0.15, -0.1) is 6.58 Å². The van der Waals surface area contributed by atoms with Gasteiger partial charge in [-0.3, -0.25) is 4.79 Å². The molecule has 1 atom stereocenters. The predicted molar refractivity (Wildman–Crippen MR) is 115 cm³/mol. The third kappa shape index (κ3) is 12.6. The zero-order valence-corrected chi connectivity index (χ0v) is 17.4. The maximum Gasteiger partial charge on any atom is 0.220 e. The molecule has 0 spiro atoms. The van der Waals surface area contributed by atoms with E-state index in [2.05, 4.69) is 69.7 Å². The highest BCUT2D eigenvalue weighted by atomic mass is 16.1. The van der Waals surface area contributed by atoms with E-state index in [9.17, 15) is 4.79 Å². The van der Waals surface area contributed by atoms with Crippen molar-refractivity contribution in [3.63, 3.8) is 0 Å². The molecule has 1 aliphatic carbocycles. The van der Waals surface area contributed by atoms with Gasteiger partial charge >= 0.3 is 0 Å². The van der Waals surface area contributed by atoms with E-state index in [0.717, 1.165) is 31.4 Å².